The molecule has 0 unspecified atom stereocenters. The fraction of sp³-hybridized carbons (Fsp3) is 0.714. The monoisotopic (exact) mass is 382 g/mol. The van der Waals surface area contributed by atoms with Gasteiger partial charge < -0.3 is 52.6 Å². The number of aliphatic carboxylic acids is 3. The van der Waals surface area contributed by atoms with Gasteiger partial charge in [0, 0.05) is 19.3 Å². The first-order valence-electron chi connectivity index (χ1n) is 7.95. The minimum Gasteiger partial charge on any atom is -0.544 e. The molecule has 0 amide bonds. The van der Waals surface area contributed by atoms with E-state index in [9.17, 15) is 29.7 Å². The summed E-state index contributed by atoms with van der Waals surface area (Å²) in [6.07, 6.45) is 3.77. The zero-order chi connectivity index (χ0) is 21.1. The summed E-state index contributed by atoms with van der Waals surface area (Å²) < 4.78 is 0. The largest absolute Gasteiger partial charge is 1.00 e. The van der Waals surface area contributed by atoms with Gasteiger partial charge in [-0.05, 0) is 19.3 Å². The fourth-order valence-corrected chi connectivity index (χ4v) is 1.53. The van der Waals surface area contributed by atoms with Crippen LogP contribution in [0.15, 0.2) is 0 Å². The van der Waals surface area contributed by atoms with Crippen LogP contribution < -0.4 is 38.3 Å². The molecule has 0 aromatic carbocycles. The highest BCUT2D eigenvalue weighted by Crippen LogP contribution is 1.98. The van der Waals surface area contributed by atoms with E-state index in [1.54, 1.807) is 0 Å². The van der Waals surface area contributed by atoms with E-state index >= 15 is 0 Å². The Bertz CT molecular complexity index is 427. The molecule has 0 radical (unpaired) electrons. The first-order valence-corrected chi connectivity index (χ1v) is 7.95. The summed E-state index contributed by atoms with van der Waals surface area (Å²) in [5.41, 5.74) is 13.7. The lowest BCUT2D eigenvalue weighted by Crippen LogP contribution is -2.69. The van der Waals surface area contributed by atoms with Crippen LogP contribution in [0.25, 0.3) is 0 Å². The predicted octanol–water partition coefficient (Wildman–Crippen LogP) is -8.83. The van der Waals surface area contributed by atoms with Gasteiger partial charge in [0.25, 0.3) is 0 Å². The van der Waals surface area contributed by atoms with Gasteiger partial charge in [0.15, 0.2) is 0 Å². The van der Waals surface area contributed by atoms with Crippen molar-refractivity contribution in [1.82, 2.24) is 0 Å². The molecule has 0 aromatic heterocycles. The minimum absolute atomic E-state index is 0. The van der Waals surface area contributed by atoms with Gasteiger partial charge in [-0.15, -0.1) is 0 Å². The van der Waals surface area contributed by atoms with Crippen LogP contribution in [-0.2, 0) is 24.0 Å². The molecule has 0 heterocycles. The molecule has 0 bridgehead atoms. The molecule has 0 aliphatic rings. The highest BCUT2D eigenvalue weighted by atomic mass is 16.4. The van der Waals surface area contributed by atoms with Crippen LogP contribution in [0.4, 0.5) is 0 Å². The Morgan fingerprint density at radius 1 is 0.731 bits per heavy atom. The summed E-state index contributed by atoms with van der Waals surface area (Å²) in [6, 6.07) is -2.12. The number of carbonyl (C=O) groups excluding carboxylic acids is 5. The summed E-state index contributed by atoms with van der Waals surface area (Å²) in [5.74, 6) is -3.48. The molecular weight excluding hydrogens is 352 g/mol. The van der Waals surface area contributed by atoms with Gasteiger partial charge in [-0.3, -0.25) is 0 Å². The van der Waals surface area contributed by atoms with Crippen molar-refractivity contribution in [3.8, 4) is 0 Å². The summed E-state index contributed by atoms with van der Waals surface area (Å²) in [7, 11) is 0. The molecule has 0 aromatic rings. The second-order valence-electron chi connectivity index (χ2n) is 5.41. The van der Waals surface area contributed by atoms with Gasteiger partial charge in [-0.25, -0.2) is 0 Å². The SMILES string of the molecule is O=C=O.[H+].[NH3+]CCCC[C@H]([NH3+])C(=O)[O-].[NH3+][C@H](CCC[C@H]([NH3+])C(=O)[O-])C(=O)[O-]. The standard InChI is InChI=1S/C7H14N2O4.C6H14N2O2.CO2/c8-4(6(10)11)2-1-3-5(9)7(12)13;7-4-2-1-3-5(8)6(9)10;2-1-3/h4-5H,1-3,8-9H2,(H,10,11)(H,12,13);5H,1-4,7-8H2,(H,9,10);/p+2/t4-,5+;5-;/m.0./s1. The highest BCUT2D eigenvalue weighted by Gasteiger charge is 2.11. The van der Waals surface area contributed by atoms with E-state index in [-0.39, 0.29) is 7.58 Å². The number of unbranched alkanes of at least 4 members (excludes halogenated alkanes) is 1. The molecule has 152 valence electrons. The van der Waals surface area contributed by atoms with Crippen LogP contribution in [0.3, 0.4) is 0 Å². The van der Waals surface area contributed by atoms with Crippen LogP contribution in [0, 0.1) is 0 Å². The van der Waals surface area contributed by atoms with Gasteiger partial charge in [-0.1, -0.05) is 0 Å². The zero-order valence-corrected chi connectivity index (χ0v) is 14.8. The van der Waals surface area contributed by atoms with E-state index in [0.717, 1.165) is 19.4 Å². The van der Waals surface area contributed by atoms with E-state index < -0.39 is 36.0 Å². The number of carboxylic acid groups (broad SMARTS) is 3. The molecule has 0 aliphatic heterocycles. The van der Waals surface area contributed by atoms with Crippen molar-refractivity contribution >= 4 is 24.1 Å². The van der Waals surface area contributed by atoms with Gasteiger partial charge in [-0.2, -0.15) is 9.59 Å². The Balaban J connectivity index is -0.000000169. The third kappa shape index (κ3) is 21.6. The number of carbonyl (C=O) groups is 3. The van der Waals surface area contributed by atoms with Crippen molar-refractivity contribution in [2.75, 3.05) is 6.54 Å². The molecule has 3 atom stereocenters. The number of quaternary nitrogens is 4. The van der Waals surface area contributed by atoms with E-state index in [1.165, 1.54) is 0 Å². The van der Waals surface area contributed by atoms with Crippen LogP contribution in [0.5, 0.6) is 0 Å². The van der Waals surface area contributed by atoms with Crippen LogP contribution in [-0.4, -0.2) is 48.7 Å². The van der Waals surface area contributed by atoms with E-state index in [4.69, 9.17) is 9.59 Å². The molecule has 12 nitrogen and oxygen atoms in total. The third-order valence-corrected chi connectivity index (χ3v) is 3.16. The molecule has 0 fully saturated rings. The Morgan fingerprint density at radius 2 is 1.00 bits per heavy atom. The first kappa shape index (κ1) is 28.4. The molecule has 0 spiro atoms. The second kappa shape index (κ2) is 19.0. The fourth-order valence-electron chi connectivity index (χ4n) is 1.53. The second-order valence-corrected chi connectivity index (χ2v) is 5.41. The lowest BCUT2D eigenvalue weighted by molar-refractivity contribution is -0.444. The smallest absolute Gasteiger partial charge is 0.544 e. The molecule has 0 saturated heterocycles. The molecule has 12 N–H and O–H groups in total. The molecule has 0 saturated carbocycles. The normalized spacial score (nSPS) is 12.8. The van der Waals surface area contributed by atoms with Crippen LogP contribution in [0.1, 0.15) is 40.0 Å². The molecule has 26 heavy (non-hydrogen) atoms. The Hall–Kier alpha value is -2.37. The average Bonchev–Trinajstić information content (AvgIpc) is 2.55. The maximum Gasteiger partial charge on any atom is 1.00 e. The van der Waals surface area contributed by atoms with Gasteiger partial charge in [0.1, 0.15) is 18.1 Å². The summed E-state index contributed by atoms with van der Waals surface area (Å²) in [6.45, 7) is 0.861. The summed E-state index contributed by atoms with van der Waals surface area (Å²) in [5, 5.41) is 30.5. The molecule has 0 rings (SSSR count). The maximum atomic E-state index is 10.2. The third-order valence-electron chi connectivity index (χ3n) is 3.16. The summed E-state index contributed by atoms with van der Waals surface area (Å²) >= 11 is 0. The number of hydrogen-bond acceptors (Lipinski definition) is 8. The van der Waals surface area contributed by atoms with Crippen LogP contribution >= 0.6 is 0 Å². The number of hydrogen-bond donors (Lipinski definition) is 4. The lowest BCUT2D eigenvalue weighted by Gasteiger charge is -2.11. The highest BCUT2D eigenvalue weighted by molar-refractivity contribution is 5.70. The van der Waals surface area contributed by atoms with Crippen molar-refractivity contribution < 1.29 is 63.7 Å². The number of carboxylic acids is 3. The van der Waals surface area contributed by atoms with Crippen molar-refractivity contribution in [3.05, 3.63) is 0 Å². The van der Waals surface area contributed by atoms with E-state index in [0.29, 0.717) is 25.7 Å². The lowest BCUT2D eigenvalue weighted by atomic mass is 10.1. The van der Waals surface area contributed by atoms with Crippen molar-refractivity contribution in [3.63, 3.8) is 0 Å². The van der Waals surface area contributed by atoms with E-state index in [1.807, 2.05) is 0 Å². The Labute approximate surface area is 152 Å². The Morgan fingerprint density at radius 3 is 1.23 bits per heavy atom. The van der Waals surface area contributed by atoms with Crippen LogP contribution in [0.2, 0.25) is 0 Å². The summed E-state index contributed by atoms with van der Waals surface area (Å²) in [4.78, 5) is 46.7. The quantitative estimate of drug-likeness (QED) is 0.248. The maximum absolute atomic E-state index is 10.2. The topological polar surface area (TPSA) is 265 Å². The van der Waals surface area contributed by atoms with Crippen molar-refractivity contribution in [2.45, 2.75) is 56.7 Å². The minimum atomic E-state index is -1.21. The predicted molar refractivity (Wildman–Crippen MR) is 76.6 cm³/mol. The molecule has 0 aliphatic carbocycles. The average molecular weight is 382 g/mol. The number of rotatable bonds is 11. The van der Waals surface area contributed by atoms with Gasteiger partial charge >= 0.3 is 7.58 Å². The van der Waals surface area contributed by atoms with Gasteiger partial charge in [0.05, 0.1) is 24.5 Å². The van der Waals surface area contributed by atoms with Gasteiger partial charge in [0.2, 0.25) is 0 Å². The van der Waals surface area contributed by atoms with Crippen molar-refractivity contribution in [2.24, 2.45) is 0 Å². The first-order chi connectivity index (χ1) is 12.0. The molecule has 12 heteroatoms. The zero-order valence-electron chi connectivity index (χ0n) is 15.8. The van der Waals surface area contributed by atoms with E-state index in [2.05, 4.69) is 22.9 Å². The van der Waals surface area contributed by atoms with Crippen molar-refractivity contribution in [1.29, 1.82) is 0 Å². The Kier molecular flexibility index (Phi) is 20.7. The molecular formula is C14H30N4O8+2.